The summed E-state index contributed by atoms with van der Waals surface area (Å²) in [4.78, 5) is 22.3. The van der Waals surface area contributed by atoms with Gasteiger partial charge in [-0.3, -0.25) is 9.59 Å². The van der Waals surface area contributed by atoms with E-state index in [0.717, 1.165) is 0 Å². The Hall–Kier alpha value is -1.43. The van der Waals surface area contributed by atoms with E-state index in [-0.39, 0.29) is 5.56 Å². The molecule has 0 bridgehead atoms. The average Bonchev–Trinajstić information content (AvgIpc) is 2.36. The predicted octanol–water partition coefficient (Wildman–Crippen LogP) is 2.82. The minimum Gasteiger partial charge on any atom is -0.481 e. The highest BCUT2D eigenvalue weighted by Gasteiger charge is 2.13. The van der Waals surface area contributed by atoms with E-state index in [1.165, 1.54) is 18.2 Å². The molecule has 1 amide bonds. The number of rotatable bonds is 6. The van der Waals surface area contributed by atoms with Crippen molar-refractivity contribution in [2.24, 2.45) is 5.92 Å². The molecule has 0 aliphatic heterocycles. The molecule has 1 aromatic rings. The second-order valence-corrected chi connectivity index (χ2v) is 5.18. The molecule has 1 unspecified atom stereocenters. The van der Waals surface area contributed by atoms with Gasteiger partial charge in [0, 0.05) is 11.0 Å². The molecule has 104 valence electrons. The monoisotopic (exact) mass is 331 g/mol. The molecule has 0 aromatic heterocycles. The van der Waals surface area contributed by atoms with Gasteiger partial charge in [0.05, 0.1) is 11.5 Å². The van der Waals surface area contributed by atoms with Gasteiger partial charge in [0.2, 0.25) is 0 Å². The summed E-state index contributed by atoms with van der Waals surface area (Å²) in [5, 5.41) is 11.3. The van der Waals surface area contributed by atoms with E-state index in [2.05, 4.69) is 21.2 Å². The van der Waals surface area contributed by atoms with Crippen molar-refractivity contribution in [1.29, 1.82) is 0 Å². The van der Waals surface area contributed by atoms with E-state index < -0.39 is 23.6 Å². The van der Waals surface area contributed by atoms with Gasteiger partial charge in [-0.15, -0.1) is 0 Å². The summed E-state index contributed by atoms with van der Waals surface area (Å²) in [5.74, 6) is -2.38. The van der Waals surface area contributed by atoms with Gasteiger partial charge in [0.25, 0.3) is 5.91 Å². The Morgan fingerprint density at radius 3 is 2.79 bits per heavy atom. The quantitative estimate of drug-likeness (QED) is 0.787. The largest absolute Gasteiger partial charge is 0.481 e. The minimum atomic E-state index is -0.857. The van der Waals surface area contributed by atoms with E-state index in [1.54, 1.807) is 6.92 Å². The van der Waals surface area contributed by atoms with Crippen LogP contribution in [0.15, 0.2) is 22.7 Å². The van der Waals surface area contributed by atoms with Crippen molar-refractivity contribution < 1.29 is 19.1 Å². The SMILES string of the molecule is CC(CCCNC(=O)c1cc(Br)ccc1F)C(=O)O. The molecule has 0 fully saturated rings. The Morgan fingerprint density at radius 1 is 1.47 bits per heavy atom. The molecule has 0 aliphatic rings. The van der Waals surface area contributed by atoms with Gasteiger partial charge in [0.15, 0.2) is 0 Å². The Morgan fingerprint density at radius 2 is 2.16 bits per heavy atom. The third-order valence-corrected chi connectivity index (χ3v) is 3.19. The van der Waals surface area contributed by atoms with Crippen molar-refractivity contribution in [3.63, 3.8) is 0 Å². The number of carbonyl (C=O) groups is 2. The first kappa shape index (κ1) is 15.6. The van der Waals surface area contributed by atoms with Gasteiger partial charge in [-0.2, -0.15) is 0 Å². The van der Waals surface area contributed by atoms with Crippen molar-refractivity contribution in [3.8, 4) is 0 Å². The van der Waals surface area contributed by atoms with Crippen LogP contribution in [0.5, 0.6) is 0 Å². The lowest BCUT2D eigenvalue weighted by molar-refractivity contribution is -0.141. The maximum Gasteiger partial charge on any atom is 0.306 e. The summed E-state index contributed by atoms with van der Waals surface area (Å²) in [6.45, 7) is 1.93. The normalized spacial score (nSPS) is 11.9. The highest BCUT2D eigenvalue weighted by Crippen LogP contribution is 2.15. The van der Waals surface area contributed by atoms with Crippen LogP contribution < -0.4 is 5.32 Å². The molecule has 0 spiro atoms. The number of amides is 1. The number of nitrogens with one attached hydrogen (secondary N) is 1. The van der Waals surface area contributed by atoms with E-state index in [9.17, 15) is 14.0 Å². The van der Waals surface area contributed by atoms with Gasteiger partial charge in [-0.1, -0.05) is 22.9 Å². The summed E-state index contributed by atoms with van der Waals surface area (Å²) in [6.07, 6.45) is 1.01. The maximum absolute atomic E-state index is 13.4. The van der Waals surface area contributed by atoms with Crippen LogP contribution in [0.1, 0.15) is 30.1 Å². The fourth-order valence-corrected chi connectivity index (χ4v) is 1.86. The van der Waals surface area contributed by atoms with Crippen molar-refractivity contribution in [2.45, 2.75) is 19.8 Å². The second kappa shape index (κ2) is 7.23. The molecule has 1 atom stereocenters. The number of halogens is 2. The molecule has 1 rings (SSSR count). The summed E-state index contributed by atoms with van der Waals surface area (Å²) < 4.78 is 14.0. The molecule has 1 aromatic carbocycles. The Bertz CT molecular complexity index is 479. The van der Waals surface area contributed by atoms with Crippen LogP contribution in [0.3, 0.4) is 0 Å². The number of carbonyl (C=O) groups excluding carboxylic acids is 1. The van der Waals surface area contributed by atoms with Gasteiger partial charge in [-0.05, 0) is 31.0 Å². The van der Waals surface area contributed by atoms with Gasteiger partial charge in [0.1, 0.15) is 5.82 Å². The van der Waals surface area contributed by atoms with Gasteiger partial charge in [-0.25, -0.2) is 4.39 Å². The summed E-state index contributed by atoms with van der Waals surface area (Å²) in [7, 11) is 0. The molecule has 4 nitrogen and oxygen atoms in total. The number of benzene rings is 1. The smallest absolute Gasteiger partial charge is 0.306 e. The molecule has 0 saturated carbocycles. The van der Waals surface area contributed by atoms with Crippen molar-refractivity contribution in [2.75, 3.05) is 6.54 Å². The first-order valence-corrected chi connectivity index (χ1v) is 6.67. The summed E-state index contributed by atoms with van der Waals surface area (Å²) >= 11 is 3.17. The highest BCUT2D eigenvalue weighted by molar-refractivity contribution is 9.10. The fourth-order valence-electron chi connectivity index (χ4n) is 1.50. The third kappa shape index (κ3) is 4.98. The van der Waals surface area contributed by atoms with Crippen LogP contribution in [0.2, 0.25) is 0 Å². The predicted molar refractivity (Wildman–Crippen MR) is 72.5 cm³/mol. The number of carboxylic acids is 1. The van der Waals surface area contributed by atoms with Crippen LogP contribution in [-0.4, -0.2) is 23.5 Å². The lowest BCUT2D eigenvalue weighted by atomic mass is 10.1. The Labute approximate surface area is 119 Å². The minimum absolute atomic E-state index is 0.0272. The molecule has 0 radical (unpaired) electrons. The maximum atomic E-state index is 13.4. The van der Waals surface area contributed by atoms with Crippen molar-refractivity contribution in [3.05, 3.63) is 34.1 Å². The highest BCUT2D eigenvalue weighted by atomic mass is 79.9. The first-order valence-electron chi connectivity index (χ1n) is 5.88. The summed E-state index contributed by atoms with van der Waals surface area (Å²) in [5.41, 5.74) is -0.0272. The number of hydrogen-bond donors (Lipinski definition) is 2. The number of aliphatic carboxylic acids is 1. The van der Waals surface area contributed by atoms with Crippen LogP contribution >= 0.6 is 15.9 Å². The molecule has 6 heteroatoms. The molecular weight excluding hydrogens is 317 g/mol. The zero-order valence-corrected chi connectivity index (χ0v) is 12.0. The molecule has 0 saturated heterocycles. The molecule has 0 aliphatic carbocycles. The average molecular weight is 332 g/mol. The first-order chi connectivity index (χ1) is 8.91. The Kier molecular flexibility index (Phi) is 5.95. The van der Waals surface area contributed by atoms with Crippen LogP contribution in [0.25, 0.3) is 0 Å². The van der Waals surface area contributed by atoms with Crippen LogP contribution in [0, 0.1) is 11.7 Å². The fraction of sp³-hybridized carbons (Fsp3) is 0.385. The van der Waals surface area contributed by atoms with Crippen molar-refractivity contribution >= 4 is 27.8 Å². The molecule has 19 heavy (non-hydrogen) atoms. The second-order valence-electron chi connectivity index (χ2n) is 4.26. The lowest BCUT2D eigenvalue weighted by Crippen LogP contribution is -2.26. The van der Waals surface area contributed by atoms with Crippen LogP contribution in [-0.2, 0) is 4.79 Å². The number of hydrogen-bond acceptors (Lipinski definition) is 2. The van der Waals surface area contributed by atoms with Crippen molar-refractivity contribution in [1.82, 2.24) is 5.32 Å². The zero-order valence-electron chi connectivity index (χ0n) is 10.5. The molecule has 0 heterocycles. The standard InChI is InChI=1S/C13H15BrFNO3/c1-8(13(18)19)3-2-6-16-12(17)10-7-9(14)4-5-11(10)15/h4-5,7-8H,2-3,6H2,1H3,(H,16,17)(H,18,19). The topological polar surface area (TPSA) is 66.4 Å². The van der Waals surface area contributed by atoms with Gasteiger partial charge < -0.3 is 10.4 Å². The summed E-state index contributed by atoms with van der Waals surface area (Å²) in [6, 6.07) is 4.14. The van der Waals surface area contributed by atoms with E-state index in [1.807, 2.05) is 0 Å². The lowest BCUT2D eigenvalue weighted by Gasteiger charge is -2.08. The number of carboxylic acid groups (broad SMARTS) is 1. The van der Waals surface area contributed by atoms with E-state index in [0.29, 0.717) is 23.9 Å². The van der Waals surface area contributed by atoms with E-state index >= 15 is 0 Å². The Balaban J connectivity index is 2.43. The molecule has 2 N–H and O–H groups in total. The van der Waals surface area contributed by atoms with Gasteiger partial charge >= 0.3 is 5.97 Å². The van der Waals surface area contributed by atoms with E-state index in [4.69, 9.17) is 5.11 Å². The zero-order chi connectivity index (χ0) is 14.4. The van der Waals surface area contributed by atoms with Crippen LogP contribution in [0.4, 0.5) is 4.39 Å². The molecular formula is C13H15BrFNO3. The third-order valence-electron chi connectivity index (χ3n) is 2.69.